The zero-order valence-corrected chi connectivity index (χ0v) is 20.7. The predicted octanol–water partition coefficient (Wildman–Crippen LogP) is 2.81. The van der Waals surface area contributed by atoms with E-state index in [-0.39, 0.29) is 17.9 Å². The summed E-state index contributed by atoms with van der Waals surface area (Å²) in [7, 11) is -7.79. The standard InChI is InChI=1S/C21H19ClN4O5S3/c22-19-7-6-15(32-19)10-12-33(28,29)25-17-9-11-26(21(17)27)20-8-5-14(13-24-20)16-3-1-2-4-18(16)34(23,30)31/h1-8,10,12-13,17,25H,9,11H2,(H2,23,30,31)/t17-/m0/s1. The molecule has 2 aromatic heterocycles. The second-order valence-electron chi connectivity index (χ2n) is 7.38. The predicted molar refractivity (Wildman–Crippen MR) is 132 cm³/mol. The number of carbonyl (C=O) groups excluding carboxylic acids is 1. The van der Waals surface area contributed by atoms with Gasteiger partial charge in [0.15, 0.2) is 0 Å². The molecule has 178 valence electrons. The number of primary sulfonamides is 1. The highest BCUT2D eigenvalue weighted by Gasteiger charge is 2.35. The van der Waals surface area contributed by atoms with E-state index in [9.17, 15) is 21.6 Å². The molecule has 1 saturated heterocycles. The van der Waals surface area contributed by atoms with Crippen molar-refractivity contribution in [1.82, 2.24) is 9.71 Å². The Bertz CT molecular complexity index is 1470. The summed E-state index contributed by atoms with van der Waals surface area (Å²) < 4.78 is 51.5. The SMILES string of the molecule is NS(=O)(=O)c1ccccc1-c1ccc(N2CC[C@H](NS(=O)(=O)C=Cc3ccc(Cl)s3)C2=O)nc1. The minimum Gasteiger partial charge on any atom is -0.295 e. The number of nitrogens with one attached hydrogen (secondary N) is 1. The quantitative estimate of drug-likeness (QED) is 0.474. The molecule has 0 bridgehead atoms. The molecule has 9 nitrogen and oxygen atoms in total. The van der Waals surface area contributed by atoms with E-state index < -0.39 is 32.0 Å². The highest BCUT2D eigenvalue weighted by Crippen LogP contribution is 2.28. The fraction of sp³-hybridized carbons (Fsp3) is 0.143. The summed E-state index contributed by atoms with van der Waals surface area (Å²) in [5.41, 5.74) is 0.900. The van der Waals surface area contributed by atoms with Gasteiger partial charge in [-0.2, -0.15) is 4.72 Å². The molecule has 0 aliphatic carbocycles. The van der Waals surface area contributed by atoms with Crippen LogP contribution in [0.2, 0.25) is 4.34 Å². The van der Waals surface area contributed by atoms with Crippen molar-refractivity contribution >= 4 is 60.8 Å². The number of anilines is 1. The summed E-state index contributed by atoms with van der Waals surface area (Å²) in [6.45, 7) is 0.274. The zero-order chi connectivity index (χ0) is 24.5. The van der Waals surface area contributed by atoms with Crippen LogP contribution in [0.1, 0.15) is 11.3 Å². The van der Waals surface area contributed by atoms with E-state index in [1.165, 1.54) is 34.6 Å². The number of aromatic nitrogens is 1. The van der Waals surface area contributed by atoms with Crippen LogP contribution in [0.3, 0.4) is 0 Å². The summed E-state index contributed by atoms with van der Waals surface area (Å²) in [5, 5.41) is 6.30. The number of hydrogen-bond donors (Lipinski definition) is 2. The Kier molecular flexibility index (Phi) is 6.90. The van der Waals surface area contributed by atoms with Gasteiger partial charge in [-0.1, -0.05) is 29.8 Å². The topological polar surface area (TPSA) is 140 Å². The number of nitrogens with two attached hydrogens (primary N) is 1. The van der Waals surface area contributed by atoms with Crippen LogP contribution in [0, 0.1) is 0 Å². The highest BCUT2D eigenvalue weighted by molar-refractivity contribution is 7.92. The number of hydrogen-bond acceptors (Lipinski definition) is 7. The van der Waals surface area contributed by atoms with Crippen LogP contribution in [-0.4, -0.2) is 40.3 Å². The first-order valence-electron chi connectivity index (χ1n) is 9.89. The van der Waals surface area contributed by atoms with Gasteiger partial charge in [-0.25, -0.2) is 27.0 Å². The Hall–Kier alpha value is -2.61. The molecular weight excluding hydrogens is 520 g/mol. The third-order valence-corrected chi connectivity index (χ3v) is 8.32. The number of halogens is 1. The van der Waals surface area contributed by atoms with Crippen LogP contribution >= 0.6 is 22.9 Å². The van der Waals surface area contributed by atoms with Gasteiger partial charge in [-0.3, -0.25) is 9.69 Å². The van der Waals surface area contributed by atoms with Gasteiger partial charge in [-0.15, -0.1) is 11.3 Å². The molecule has 0 unspecified atom stereocenters. The Morgan fingerprint density at radius 1 is 1.12 bits per heavy atom. The van der Waals surface area contributed by atoms with E-state index in [0.29, 0.717) is 26.2 Å². The monoisotopic (exact) mass is 538 g/mol. The summed E-state index contributed by atoms with van der Waals surface area (Å²) in [5.74, 6) is -0.103. The van der Waals surface area contributed by atoms with Crippen LogP contribution in [0.4, 0.5) is 5.82 Å². The number of nitrogens with zero attached hydrogens (tertiary/aromatic N) is 2. The Morgan fingerprint density at radius 3 is 2.53 bits per heavy atom. The molecule has 1 amide bonds. The molecule has 0 spiro atoms. The molecule has 34 heavy (non-hydrogen) atoms. The lowest BCUT2D eigenvalue weighted by atomic mass is 10.1. The Morgan fingerprint density at radius 2 is 1.88 bits per heavy atom. The maximum absolute atomic E-state index is 12.8. The molecule has 4 rings (SSSR count). The molecule has 3 heterocycles. The molecule has 1 aliphatic rings. The van der Waals surface area contributed by atoms with E-state index in [1.54, 1.807) is 42.5 Å². The molecule has 0 radical (unpaired) electrons. The Labute approximate surface area is 206 Å². The van der Waals surface area contributed by atoms with Crippen molar-refractivity contribution in [2.45, 2.75) is 17.4 Å². The van der Waals surface area contributed by atoms with Crippen molar-refractivity contribution in [3.05, 3.63) is 69.3 Å². The minimum atomic E-state index is -3.93. The second kappa shape index (κ2) is 9.56. The summed E-state index contributed by atoms with van der Waals surface area (Å²) >= 11 is 7.08. The van der Waals surface area contributed by atoms with Crippen LogP contribution in [0.25, 0.3) is 17.2 Å². The number of thiophene rings is 1. The lowest BCUT2D eigenvalue weighted by Gasteiger charge is -2.16. The second-order valence-corrected chi connectivity index (χ2v) is 12.3. The number of benzene rings is 1. The number of pyridine rings is 1. The van der Waals surface area contributed by atoms with E-state index in [0.717, 1.165) is 5.41 Å². The molecule has 1 aromatic carbocycles. The largest absolute Gasteiger partial charge is 0.295 e. The lowest BCUT2D eigenvalue weighted by Crippen LogP contribution is -2.40. The molecule has 3 aromatic rings. The van der Waals surface area contributed by atoms with Gasteiger partial charge in [0.25, 0.3) is 0 Å². The first-order valence-corrected chi connectivity index (χ1v) is 14.2. The van der Waals surface area contributed by atoms with Crippen molar-refractivity contribution in [1.29, 1.82) is 0 Å². The normalized spacial score (nSPS) is 17.1. The van der Waals surface area contributed by atoms with Crippen LogP contribution in [-0.2, 0) is 24.8 Å². The van der Waals surface area contributed by atoms with Gasteiger partial charge in [0, 0.05) is 34.2 Å². The maximum Gasteiger partial charge on any atom is 0.246 e. The average molecular weight is 539 g/mol. The molecule has 0 saturated carbocycles. The maximum atomic E-state index is 12.8. The molecule has 3 N–H and O–H groups in total. The third-order valence-electron chi connectivity index (χ3n) is 5.05. The number of rotatable bonds is 7. The van der Waals surface area contributed by atoms with E-state index >= 15 is 0 Å². The summed E-state index contributed by atoms with van der Waals surface area (Å²) in [6.07, 6.45) is 3.13. The van der Waals surface area contributed by atoms with E-state index in [2.05, 4.69) is 9.71 Å². The van der Waals surface area contributed by atoms with Crippen molar-refractivity contribution in [3.8, 4) is 11.1 Å². The van der Waals surface area contributed by atoms with Crippen molar-refractivity contribution < 1.29 is 21.6 Å². The van der Waals surface area contributed by atoms with Gasteiger partial charge >= 0.3 is 0 Å². The van der Waals surface area contributed by atoms with Gasteiger partial charge in [0.1, 0.15) is 11.9 Å². The molecule has 1 aliphatic heterocycles. The van der Waals surface area contributed by atoms with E-state index in [1.807, 2.05) is 0 Å². The summed E-state index contributed by atoms with van der Waals surface area (Å²) in [6, 6.07) is 11.9. The van der Waals surface area contributed by atoms with Crippen LogP contribution in [0.5, 0.6) is 0 Å². The molecular formula is C21H19ClN4O5S3. The van der Waals surface area contributed by atoms with Crippen LogP contribution < -0.4 is 14.8 Å². The molecule has 1 atom stereocenters. The number of carbonyl (C=O) groups is 1. The fourth-order valence-corrected chi connectivity index (χ4v) is 6.32. The molecule has 1 fully saturated rings. The van der Waals surface area contributed by atoms with Gasteiger partial charge in [0.2, 0.25) is 26.0 Å². The van der Waals surface area contributed by atoms with Crippen molar-refractivity contribution in [2.75, 3.05) is 11.4 Å². The third kappa shape index (κ3) is 5.54. The van der Waals surface area contributed by atoms with Gasteiger partial charge in [-0.05, 0) is 42.8 Å². The first-order chi connectivity index (χ1) is 16.0. The first kappa shape index (κ1) is 24.5. The van der Waals surface area contributed by atoms with Crippen molar-refractivity contribution in [2.24, 2.45) is 5.14 Å². The smallest absolute Gasteiger partial charge is 0.246 e. The summed E-state index contributed by atoms with van der Waals surface area (Å²) in [4.78, 5) is 19.1. The lowest BCUT2D eigenvalue weighted by molar-refractivity contribution is -0.118. The minimum absolute atomic E-state index is 0.0332. The highest BCUT2D eigenvalue weighted by atomic mass is 35.5. The Balaban J connectivity index is 1.48. The van der Waals surface area contributed by atoms with Crippen molar-refractivity contribution in [3.63, 3.8) is 0 Å². The molecule has 13 heteroatoms. The number of amides is 1. The zero-order valence-electron chi connectivity index (χ0n) is 17.5. The van der Waals surface area contributed by atoms with Gasteiger partial charge in [0.05, 0.1) is 9.23 Å². The van der Waals surface area contributed by atoms with Gasteiger partial charge < -0.3 is 0 Å². The fourth-order valence-electron chi connectivity index (χ4n) is 3.49. The average Bonchev–Trinajstić information content (AvgIpc) is 3.37. The van der Waals surface area contributed by atoms with Crippen LogP contribution in [0.15, 0.2) is 65.0 Å². The van der Waals surface area contributed by atoms with E-state index in [4.69, 9.17) is 16.7 Å². The number of sulfonamides is 2.